The van der Waals surface area contributed by atoms with Gasteiger partial charge in [-0.2, -0.15) is 0 Å². The van der Waals surface area contributed by atoms with Gasteiger partial charge in [-0.15, -0.1) is 0 Å². The van der Waals surface area contributed by atoms with Crippen molar-refractivity contribution in [1.29, 1.82) is 0 Å². The second-order valence-electron chi connectivity index (χ2n) is 5.12. The maximum atomic E-state index is 5.19. The Kier molecular flexibility index (Phi) is 3.69. The first-order valence-corrected chi connectivity index (χ1v) is 7.08. The van der Waals surface area contributed by atoms with Gasteiger partial charge >= 0.3 is 0 Å². The molecule has 1 fully saturated rings. The molecule has 0 radical (unpaired) electrons. The van der Waals surface area contributed by atoms with Crippen molar-refractivity contribution in [3.05, 3.63) is 24.5 Å². The Bertz CT molecular complexity index is 543. The Labute approximate surface area is 114 Å². The second kappa shape index (κ2) is 5.61. The van der Waals surface area contributed by atoms with E-state index in [1.54, 1.807) is 7.11 Å². The molecule has 0 saturated carbocycles. The van der Waals surface area contributed by atoms with Crippen LogP contribution in [0.25, 0.3) is 11.0 Å². The van der Waals surface area contributed by atoms with Crippen molar-refractivity contribution in [2.45, 2.75) is 25.8 Å². The van der Waals surface area contributed by atoms with E-state index in [9.17, 15) is 0 Å². The highest BCUT2D eigenvalue weighted by Crippen LogP contribution is 2.29. The van der Waals surface area contributed by atoms with E-state index in [0.29, 0.717) is 0 Å². The lowest BCUT2D eigenvalue weighted by molar-refractivity contribution is 0.188. The number of ether oxygens (including phenoxy) is 1. The second-order valence-corrected chi connectivity index (χ2v) is 5.12. The van der Waals surface area contributed by atoms with Crippen LogP contribution in [0.2, 0.25) is 0 Å². The average Bonchev–Trinajstić information content (AvgIpc) is 2.85. The number of piperidine rings is 1. The van der Waals surface area contributed by atoms with E-state index in [1.165, 1.54) is 30.3 Å². The molecule has 4 heteroatoms. The molecule has 0 spiro atoms. The highest BCUT2D eigenvalue weighted by atomic mass is 16.5. The molecule has 3 heterocycles. The lowest BCUT2D eigenvalue weighted by atomic mass is 10.1. The van der Waals surface area contributed by atoms with Crippen molar-refractivity contribution in [1.82, 2.24) is 9.55 Å². The van der Waals surface area contributed by atoms with Gasteiger partial charge in [0.15, 0.2) is 0 Å². The third-order valence-electron chi connectivity index (χ3n) is 3.85. The molecule has 0 bridgehead atoms. The molecule has 0 aromatic carbocycles. The minimum atomic E-state index is 0.722. The van der Waals surface area contributed by atoms with Crippen molar-refractivity contribution in [3.63, 3.8) is 0 Å². The van der Waals surface area contributed by atoms with E-state index in [4.69, 9.17) is 4.74 Å². The topological polar surface area (TPSA) is 30.3 Å². The lowest BCUT2D eigenvalue weighted by Gasteiger charge is -2.28. The summed E-state index contributed by atoms with van der Waals surface area (Å²) in [6.07, 6.45) is 8.06. The van der Waals surface area contributed by atoms with E-state index in [2.05, 4.69) is 26.7 Å². The van der Waals surface area contributed by atoms with Crippen LogP contribution < -0.4 is 4.90 Å². The predicted octanol–water partition coefficient (Wildman–Crippen LogP) is 2.67. The van der Waals surface area contributed by atoms with Gasteiger partial charge in [0.05, 0.1) is 12.3 Å². The standard InChI is InChI=1S/C15H21N3O/c1-19-11-10-18-12-14(17-8-3-2-4-9-17)13-6-5-7-16-15(13)18/h5-7,12H,2-4,8-11H2,1H3. The summed E-state index contributed by atoms with van der Waals surface area (Å²) in [6, 6.07) is 4.20. The maximum Gasteiger partial charge on any atom is 0.142 e. The number of rotatable bonds is 4. The lowest BCUT2D eigenvalue weighted by Crippen LogP contribution is -2.29. The first-order valence-electron chi connectivity index (χ1n) is 7.08. The Hall–Kier alpha value is -1.55. The summed E-state index contributed by atoms with van der Waals surface area (Å²) in [4.78, 5) is 7.03. The molecule has 0 atom stereocenters. The van der Waals surface area contributed by atoms with Crippen molar-refractivity contribution in [3.8, 4) is 0 Å². The summed E-state index contributed by atoms with van der Waals surface area (Å²) in [6.45, 7) is 3.91. The van der Waals surface area contributed by atoms with Crippen LogP contribution in [0.1, 0.15) is 19.3 Å². The molecule has 0 amide bonds. The molecule has 1 aliphatic heterocycles. The Morgan fingerprint density at radius 1 is 1.26 bits per heavy atom. The van der Waals surface area contributed by atoms with E-state index in [-0.39, 0.29) is 0 Å². The number of anilines is 1. The minimum absolute atomic E-state index is 0.722. The number of hydrogen-bond acceptors (Lipinski definition) is 3. The van der Waals surface area contributed by atoms with Crippen LogP contribution in [0.5, 0.6) is 0 Å². The van der Waals surface area contributed by atoms with Gasteiger partial charge in [0.1, 0.15) is 5.65 Å². The summed E-state index contributed by atoms with van der Waals surface area (Å²) < 4.78 is 7.40. The summed E-state index contributed by atoms with van der Waals surface area (Å²) >= 11 is 0. The van der Waals surface area contributed by atoms with Crippen molar-refractivity contribution < 1.29 is 4.74 Å². The van der Waals surface area contributed by atoms with Gasteiger partial charge < -0.3 is 14.2 Å². The van der Waals surface area contributed by atoms with Gasteiger partial charge in [-0.3, -0.25) is 0 Å². The Balaban J connectivity index is 1.98. The van der Waals surface area contributed by atoms with E-state index < -0.39 is 0 Å². The zero-order valence-electron chi connectivity index (χ0n) is 11.5. The normalized spacial score (nSPS) is 16.2. The first-order chi connectivity index (χ1) is 9.40. The molecule has 2 aromatic rings. The fraction of sp³-hybridized carbons (Fsp3) is 0.533. The molecule has 4 nitrogen and oxygen atoms in total. The maximum absolute atomic E-state index is 5.19. The number of hydrogen-bond donors (Lipinski definition) is 0. The molecule has 19 heavy (non-hydrogen) atoms. The minimum Gasteiger partial charge on any atom is -0.383 e. The molecule has 2 aromatic heterocycles. The van der Waals surface area contributed by atoms with Gasteiger partial charge in [-0.05, 0) is 31.4 Å². The highest BCUT2D eigenvalue weighted by Gasteiger charge is 2.17. The molecule has 0 aliphatic carbocycles. The number of methoxy groups -OCH3 is 1. The molecule has 0 unspecified atom stereocenters. The van der Waals surface area contributed by atoms with Gasteiger partial charge in [0, 0.05) is 44.5 Å². The van der Waals surface area contributed by atoms with Gasteiger partial charge in [0.2, 0.25) is 0 Å². The first kappa shape index (κ1) is 12.5. The molecule has 1 saturated heterocycles. The highest BCUT2D eigenvalue weighted by molar-refractivity contribution is 5.91. The van der Waals surface area contributed by atoms with Crippen LogP contribution in [0.3, 0.4) is 0 Å². The molecule has 3 rings (SSSR count). The fourth-order valence-corrected chi connectivity index (χ4v) is 2.85. The zero-order chi connectivity index (χ0) is 13.1. The Morgan fingerprint density at radius 3 is 2.89 bits per heavy atom. The predicted molar refractivity (Wildman–Crippen MR) is 77.7 cm³/mol. The van der Waals surface area contributed by atoms with Crippen LogP contribution in [-0.4, -0.2) is 36.4 Å². The Morgan fingerprint density at radius 2 is 2.11 bits per heavy atom. The van der Waals surface area contributed by atoms with E-state index in [0.717, 1.165) is 31.9 Å². The average molecular weight is 259 g/mol. The molecular weight excluding hydrogens is 238 g/mol. The summed E-state index contributed by atoms with van der Waals surface area (Å²) in [5.41, 5.74) is 2.40. The molecule has 102 valence electrons. The fourth-order valence-electron chi connectivity index (χ4n) is 2.85. The monoisotopic (exact) mass is 259 g/mol. The van der Waals surface area contributed by atoms with Crippen molar-refractivity contribution in [2.75, 3.05) is 31.7 Å². The van der Waals surface area contributed by atoms with Crippen LogP contribution in [0.15, 0.2) is 24.5 Å². The number of nitrogens with zero attached hydrogens (tertiary/aromatic N) is 3. The zero-order valence-corrected chi connectivity index (χ0v) is 11.5. The molecule has 1 aliphatic rings. The number of pyridine rings is 1. The quantitative estimate of drug-likeness (QED) is 0.845. The van der Waals surface area contributed by atoms with Gasteiger partial charge in [-0.1, -0.05) is 0 Å². The van der Waals surface area contributed by atoms with Crippen LogP contribution in [-0.2, 0) is 11.3 Å². The van der Waals surface area contributed by atoms with Crippen molar-refractivity contribution >= 4 is 16.7 Å². The SMILES string of the molecule is COCCn1cc(N2CCCCC2)c2cccnc21. The van der Waals surface area contributed by atoms with Crippen LogP contribution in [0, 0.1) is 0 Å². The molecular formula is C15H21N3O. The van der Waals surface area contributed by atoms with E-state index in [1.807, 2.05) is 12.3 Å². The van der Waals surface area contributed by atoms with Crippen LogP contribution in [0.4, 0.5) is 5.69 Å². The third-order valence-corrected chi connectivity index (χ3v) is 3.85. The summed E-state index contributed by atoms with van der Waals surface area (Å²) in [5, 5.41) is 1.26. The smallest absolute Gasteiger partial charge is 0.142 e. The van der Waals surface area contributed by atoms with Crippen LogP contribution >= 0.6 is 0 Å². The van der Waals surface area contributed by atoms with Gasteiger partial charge in [0.25, 0.3) is 0 Å². The van der Waals surface area contributed by atoms with Crippen molar-refractivity contribution in [2.24, 2.45) is 0 Å². The molecule has 0 N–H and O–H groups in total. The third kappa shape index (κ3) is 2.45. The summed E-state index contributed by atoms with van der Waals surface area (Å²) in [7, 11) is 1.74. The van der Waals surface area contributed by atoms with Gasteiger partial charge in [-0.25, -0.2) is 4.98 Å². The summed E-state index contributed by atoms with van der Waals surface area (Å²) in [5.74, 6) is 0. The number of aromatic nitrogens is 2. The largest absolute Gasteiger partial charge is 0.383 e. The van der Waals surface area contributed by atoms with E-state index >= 15 is 0 Å². The number of fused-ring (bicyclic) bond motifs is 1.